The standard InChI is InChI=1S/C7H12FNO/c1-6-2-4-9(5-3-6)7(8)10/h6H,2-5H2,1H3. The molecule has 1 saturated heterocycles. The predicted molar refractivity (Wildman–Crippen MR) is 36.5 cm³/mol. The summed E-state index contributed by atoms with van der Waals surface area (Å²) >= 11 is 0. The van der Waals surface area contributed by atoms with Gasteiger partial charge in [0, 0.05) is 13.1 Å². The molecule has 1 amide bonds. The molecule has 0 aromatic carbocycles. The molecule has 0 atom stereocenters. The lowest BCUT2D eigenvalue weighted by Gasteiger charge is -2.27. The number of piperidine rings is 1. The average Bonchev–Trinajstić information content (AvgIpc) is 1.88. The van der Waals surface area contributed by atoms with Gasteiger partial charge in [-0.2, -0.15) is 0 Å². The van der Waals surface area contributed by atoms with Crippen LogP contribution in [0, 0.1) is 5.92 Å². The Morgan fingerprint density at radius 1 is 1.50 bits per heavy atom. The number of rotatable bonds is 0. The predicted octanol–water partition coefficient (Wildman–Crippen LogP) is 1.81. The number of carbonyl (C=O) groups excluding carboxylic acids is 1. The zero-order valence-corrected chi connectivity index (χ0v) is 6.14. The van der Waals surface area contributed by atoms with Crippen molar-refractivity contribution in [3.8, 4) is 0 Å². The van der Waals surface area contributed by atoms with Gasteiger partial charge < -0.3 is 4.90 Å². The minimum atomic E-state index is -1.27. The van der Waals surface area contributed by atoms with E-state index in [2.05, 4.69) is 6.92 Å². The number of likely N-dealkylation sites (tertiary alicyclic amines) is 1. The Morgan fingerprint density at radius 2 is 2.00 bits per heavy atom. The van der Waals surface area contributed by atoms with Crippen molar-refractivity contribution in [3.05, 3.63) is 0 Å². The van der Waals surface area contributed by atoms with Gasteiger partial charge in [0.15, 0.2) is 0 Å². The van der Waals surface area contributed by atoms with E-state index in [1.165, 1.54) is 4.90 Å². The molecule has 10 heavy (non-hydrogen) atoms. The molecule has 0 unspecified atom stereocenters. The van der Waals surface area contributed by atoms with E-state index in [0.717, 1.165) is 12.8 Å². The molecule has 0 saturated carbocycles. The van der Waals surface area contributed by atoms with Crippen molar-refractivity contribution in [1.82, 2.24) is 4.90 Å². The molecule has 1 aliphatic rings. The van der Waals surface area contributed by atoms with Crippen LogP contribution in [-0.2, 0) is 0 Å². The van der Waals surface area contributed by atoms with Crippen LogP contribution in [0.3, 0.4) is 0 Å². The Morgan fingerprint density at radius 3 is 2.40 bits per heavy atom. The summed E-state index contributed by atoms with van der Waals surface area (Å²) in [6.07, 6.45) is 0.609. The van der Waals surface area contributed by atoms with Crippen LogP contribution in [0.2, 0.25) is 0 Å². The minimum Gasteiger partial charge on any atom is -0.315 e. The van der Waals surface area contributed by atoms with E-state index in [-0.39, 0.29) is 0 Å². The molecule has 0 aromatic rings. The molecule has 58 valence electrons. The fourth-order valence-electron chi connectivity index (χ4n) is 1.18. The SMILES string of the molecule is CC1CCN(C(=O)F)CC1. The first-order chi connectivity index (χ1) is 4.70. The number of hydrogen-bond acceptors (Lipinski definition) is 1. The van der Waals surface area contributed by atoms with Crippen molar-refractivity contribution < 1.29 is 9.18 Å². The molecular weight excluding hydrogens is 133 g/mol. The molecule has 1 aliphatic heterocycles. The van der Waals surface area contributed by atoms with Crippen molar-refractivity contribution in [3.63, 3.8) is 0 Å². The van der Waals surface area contributed by atoms with E-state index in [1.54, 1.807) is 0 Å². The molecule has 0 bridgehead atoms. The normalized spacial score (nSPS) is 21.2. The van der Waals surface area contributed by atoms with Crippen LogP contribution in [0.4, 0.5) is 9.18 Å². The van der Waals surface area contributed by atoms with E-state index in [0.29, 0.717) is 19.0 Å². The third-order valence-corrected chi connectivity index (χ3v) is 2.03. The smallest absolute Gasteiger partial charge is 0.315 e. The second-order valence-electron chi connectivity index (χ2n) is 2.92. The van der Waals surface area contributed by atoms with Crippen LogP contribution in [0.25, 0.3) is 0 Å². The quantitative estimate of drug-likeness (QED) is 0.376. The van der Waals surface area contributed by atoms with E-state index < -0.39 is 6.16 Å². The summed E-state index contributed by atoms with van der Waals surface area (Å²) in [7, 11) is 0. The van der Waals surface area contributed by atoms with Crippen molar-refractivity contribution >= 4 is 6.16 Å². The van der Waals surface area contributed by atoms with Crippen LogP contribution >= 0.6 is 0 Å². The maximum atomic E-state index is 12.0. The molecule has 1 heterocycles. The zero-order valence-electron chi connectivity index (χ0n) is 6.14. The maximum absolute atomic E-state index is 12.0. The van der Waals surface area contributed by atoms with Crippen LogP contribution in [0.15, 0.2) is 0 Å². The molecule has 3 heteroatoms. The molecular formula is C7H12FNO. The summed E-state index contributed by atoms with van der Waals surface area (Å²) in [5, 5.41) is 0. The Balaban J connectivity index is 2.33. The number of carbonyl (C=O) groups is 1. The van der Waals surface area contributed by atoms with Gasteiger partial charge in [-0.3, -0.25) is 0 Å². The average molecular weight is 145 g/mol. The summed E-state index contributed by atoms with van der Waals surface area (Å²) in [5.41, 5.74) is 0. The Labute approximate surface area is 60.0 Å². The lowest BCUT2D eigenvalue weighted by molar-refractivity contribution is 0.153. The number of nitrogens with zero attached hydrogens (tertiary/aromatic N) is 1. The molecule has 0 aromatic heterocycles. The van der Waals surface area contributed by atoms with Gasteiger partial charge in [0.2, 0.25) is 0 Å². The second kappa shape index (κ2) is 2.99. The molecule has 1 fully saturated rings. The van der Waals surface area contributed by atoms with E-state index in [9.17, 15) is 9.18 Å². The van der Waals surface area contributed by atoms with Crippen molar-refractivity contribution in [1.29, 1.82) is 0 Å². The number of hydrogen-bond donors (Lipinski definition) is 0. The van der Waals surface area contributed by atoms with Crippen LogP contribution in [-0.4, -0.2) is 24.2 Å². The maximum Gasteiger partial charge on any atom is 0.400 e. The largest absolute Gasteiger partial charge is 0.400 e. The Kier molecular flexibility index (Phi) is 2.25. The molecule has 0 aliphatic carbocycles. The third kappa shape index (κ3) is 1.69. The van der Waals surface area contributed by atoms with Gasteiger partial charge in [0.25, 0.3) is 0 Å². The van der Waals surface area contributed by atoms with Gasteiger partial charge in [-0.25, -0.2) is 4.79 Å². The number of amides is 1. The highest BCUT2D eigenvalue weighted by Crippen LogP contribution is 2.16. The second-order valence-corrected chi connectivity index (χ2v) is 2.92. The summed E-state index contributed by atoms with van der Waals surface area (Å²) in [6, 6.07) is 0. The molecule has 1 rings (SSSR count). The Hall–Kier alpha value is -0.600. The summed E-state index contributed by atoms with van der Waals surface area (Å²) in [4.78, 5) is 11.4. The Bertz CT molecular complexity index is 130. The summed E-state index contributed by atoms with van der Waals surface area (Å²) in [5.74, 6) is 0.649. The van der Waals surface area contributed by atoms with Crippen molar-refractivity contribution in [2.45, 2.75) is 19.8 Å². The molecule has 0 radical (unpaired) electrons. The van der Waals surface area contributed by atoms with Gasteiger partial charge >= 0.3 is 6.16 Å². The first-order valence-corrected chi connectivity index (χ1v) is 3.64. The highest BCUT2D eigenvalue weighted by Gasteiger charge is 2.19. The van der Waals surface area contributed by atoms with Crippen LogP contribution in [0.1, 0.15) is 19.8 Å². The molecule has 0 N–H and O–H groups in total. The van der Waals surface area contributed by atoms with Gasteiger partial charge in [-0.15, -0.1) is 4.39 Å². The highest BCUT2D eigenvalue weighted by molar-refractivity contribution is 5.66. The monoisotopic (exact) mass is 145 g/mol. The zero-order chi connectivity index (χ0) is 7.56. The highest BCUT2D eigenvalue weighted by atomic mass is 19.1. The fraction of sp³-hybridized carbons (Fsp3) is 0.857. The molecule has 0 spiro atoms. The van der Waals surface area contributed by atoms with E-state index in [1.807, 2.05) is 0 Å². The molecule has 2 nitrogen and oxygen atoms in total. The first-order valence-electron chi connectivity index (χ1n) is 3.64. The van der Waals surface area contributed by atoms with E-state index >= 15 is 0 Å². The van der Waals surface area contributed by atoms with Crippen molar-refractivity contribution in [2.24, 2.45) is 5.92 Å². The fourth-order valence-corrected chi connectivity index (χ4v) is 1.18. The van der Waals surface area contributed by atoms with Crippen LogP contribution in [0.5, 0.6) is 0 Å². The van der Waals surface area contributed by atoms with E-state index in [4.69, 9.17) is 0 Å². The first kappa shape index (κ1) is 7.51. The van der Waals surface area contributed by atoms with Gasteiger partial charge in [-0.1, -0.05) is 6.92 Å². The summed E-state index contributed by atoms with van der Waals surface area (Å²) < 4.78 is 12.0. The van der Waals surface area contributed by atoms with Crippen LogP contribution < -0.4 is 0 Å². The summed E-state index contributed by atoms with van der Waals surface area (Å²) in [6.45, 7) is 3.31. The topological polar surface area (TPSA) is 20.3 Å². The van der Waals surface area contributed by atoms with Gasteiger partial charge in [-0.05, 0) is 18.8 Å². The minimum absolute atomic E-state index is 0.594. The van der Waals surface area contributed by atoms with Crippen molar-refractivity contribution in [2.75, 3.05) is 13.1 Å². The lowest BCUT2D eigenvalue weighted by Crippen LogP contribution is -2.34. The third-order valence-electron chi connectivity index (χ3n) is 2.03. The van der Waals surface area contributed by atoms with Gasteiger partial charge in [0.1, 0.15) is 0 Å². The lowest BCUT2D eigenvalue weighted by atomic mass is 10.00. The van der Waals surface area contributed by atoms with Gasteiger partial charge in [0.05, 0.1) is 0 Å². The number of halogens is 1.